The van der Waals surface area contributed by atoms with Gasteiger partial charge >= 0.3 is 0 Å². The number of morpholine rings is 1. The first-order valence-electron chi connectivity index (χ1n) is 5.91. The van der Waals surface area contributed by atoms with Crippen LogP contribution in [0.3, 0.4) is 0 Å². The van der Waals surface area contributed by atoms with Crippen LogP contribution < -0.4 is 5.73 Å². The molecule has 1 heterocycles. The largest absolute Gasteiger partial charge is 0.374 e. The van der Waals surface area contributed by atoms with Crippen molar-refractivity contribution in [1.82, 2.24) is 4.90 Å². The zero-order valence-corrected chi connectivity index (χ0v) is 10.3. The summed E-state index contributed by atoms with van der Waals surface area (Å²) < 4.78 is 18.8. The lowest BCUT2D eigenvalue weighted by Gasteiger charge is -2.39. The molecule has 2 rings (SSSR count). The van der Waals surface area contributed by atoms with Crippen molar-refractivity contribution < 1.29 is 9.13 Å². The number of nitrogens with two attached hydrogens (primary N) is 1. The van der Waals surface area contributed by atoms with Gasteiger partial charge in [-0.2, -0.15) is 0 Å². The van der Waals surface area contributed by atoms with Crippen LogP contribution in [0, 0.1) is 12.7 Å². The highest BCUT2D eigenvalue weighted by atomic mass is 19.1. The molecule has 0 aliphatic carbocycles. The molecule has 4 heteroatoms. The molecule has 1 aromatic carbocycles. The monoisotopic (exact) mass is 238 g/mol. The van der Waals surface area contributed by atoms with Gasteiger partial charge in [0.05, 0.1) is 18.8 Å². The number of ether oxygens (including phenoxy) is 1. The third-order valence-electron chi connectivity index (χ3n) is 3.39. The molecular weight excluding hydrogens is 219 g/mol. The molecule has 1 saturated heterocycles. The normalized spacial score (nSPS) is 26.1. The number of likely N-dealkylation sites (N-methyl/N-ethyl adjacent to an activating group) is 1. The molecule has 1 aliphatic heterocycles. The van der Waals surface area contributed by atoms with Crippen LogP contribution in [0.15, 0.2) is 18.2 Å². The SMILES string of the molecule is Cc1cc(F)ccc1C1C(CN)OCCN1C. The topological polar surface area (TPSA) is 38.5 Å². The highest BCUT2D eigenvalue weighted by Crippen LogP contribution is 2.30. The zero-order chi connectivity index (χ0) is 12.4. The second-order valence-corrected chi connectivity index (χ2v) is 4.57. The van der Waals surface area contributed by atoms with E-state index in [0.717, 1.165) is 17.7 Å². The maximum Gasteiger partial charge on any atom is 0.123 e. The van der Waals surface area contributed by atoms with Crippen molar-refractivity contribution in [2.45, 2.75) is 19.1 Å². The molecule has 0 saturated carbocycles. The van der Waals surface area contributed by atoms with Crippen LogP contribution in [-0.4, -0.2) is 37.7 Å². The summed E-state index contributed by atoms with van der Waals surface area (Å²) in [6.07, 6.45) is -0.0158. The third-order valence-corrected chi connectivity index (χ3v) is 3.39. The van der Waals surface area contributed by atoms with Crippen molar-refractivity contribution in [2.75, 3.05) is 26.7 Å². The number of halogens is 1. The Morgan fingerprint density at radius 3 is 2.94 bits per heavy atom. The van der Waals surface area contributed by atoms with Gasteiger partial charge in [0.2, 0.25) is 0 Å². The van der Waals surface area contributed by atoms with E-state index in [1.54, 1.807) is 6.07 Å². The minimum absolute atomic E-state index is 0.0158. The van der Waals surface area contributed by atoms with E-state index >= 15 is 0 Å². The Morgan fingerprint density at radius 1 is 1.53 bits per heavy atom. The molecule has 1 fully saturated rings. The third kappa shape index (κ3) is 2.49. The molecule has 0 bridgehead atoms. The zero-order valence-electron chi connectivity index (χ0n) is 10.3. The quantitative estimate of drug-likeness (QED) is 0.848. The van der Waals surface area contributed by atoms with Gasteiger partial charge in [-0.15, -0.1) is 0 Å². The first-order chi connectivity index (χ1) is 8.13. The number of hydrogen-bond donors (Lipinski definition) is 1. The smallest absolute Gasteiger partial charge is 0.123 e. The average Bonchev–Trinajstić information content (AvgIpc) is 2.30. The van der Waals surface area contributed by atoms with Gasteiger partial charge < -0.3 is 10.5 Å². The van der Waals surface area contributed by atoms with Crippen molar-refractivity contribution in [3.05, 3.63) is 35.1 Å². The van der Waals surface area contributed by atoms with E-state index in [4.69, 9.17) is 10.5 Å². The van der Waals surface area contributed by atoms with Gasteiger partial charge in [-0.3, -0.25) is 4.90 Å². The van der Waals surface area contributed by atoms with E-state index in [0.29, 0.717) is 13.2 Å². The molecule has 17 heavy (non-hydrogen) atoms. The lowest BCUT2D eigenvalue weighted by Crippen LogP contribution is -2.46. The van der Waals surface area contributed by atoms with Crippen molar-refractivity contribution in [2.24, 2.45) is 5.73 Å². The van der Waals surface area contributed by atoms with E-state index in [-0.39, 0.29) is 18.0 Å². The Morgan fingerprint density at radius 2 is 2.29 bits per heavy atom. The summed E-state index contributed by atoms with van der Waals surface area (Å²) in [7, 11) is 2.05. The molecule has 94 valence electrons. The molecule has 3 nitrogen and oxygen atoms in total. The van der Waals surface area contributed by atoms with E-state index in [1.165, 1.54) is 6.07 Å². The van der Waals surface area contributed by atoms with Crippen LogP contribution in [0.2, 0.25) is 0 Å². The number of aryl methyl sites for hydroxylation is 1. The highest BCUT2D eigenvalue weighted by molar-refractivity contribution is 5.30. The molecule has 2 atom stereocenters. The Labute approximate surface area is 101 Å². The van der Waals surface area contributed by atoms with Gasteiger partial charge in [0, 0.05) is 13.1 Å². The summed E-state index contributed by atoms with van der Waals surface area (Å²) in [5.41, 5.74) is 7.80. The molecule has 1 aromatic rings. The minimum Gasteiger partial charge on any atom is -0.374 e. The van der Waals surface area contributed by atoms with Crippen molar-refractivity contribution in [1.29, 1.82) is 0 Å². The first-order valence-corrected chi connectivity index (χ1v) is 5.91. The standard InChI is InChI=1S/C13H19FN2O/c1-9-7-10(14)3-4-11(9)13-12(8-15)17-6-5-16(13)2/h3-4,7,12-13H,5-6,8,15H2,1-2H3. The fourth-order valence-electron chi connectivity index (χ4n) is 2.47. The molecule has 2 unspecified atom stereocenters. The van der Waals surface area contributed by atoms with Crippen molar-refractivity contribution in [3.8, 4) is 0 Å². The number of nitrogens with zero attached hydrogens (tertiary/aromatic N) is 1. The van der Waals surface area contributed by atoms with Crippen LogP contribution in [-0.2, 0) is 4.74 Å². The van der Waals surface area contributed by atoms with Gasteiger partial charge in [-0.05, 0) is 37.2 Å². The van der Waals surface area contributed by atoms with Crippen LogP contribution in [0.1, 0.15) is 17.2 Å². The number of hydrogen-bond acceptors (Lipinski definition) is 3. The summed E-state index contributed by atoms with van der Waals surface area (Å²) >= 11 is 0. The van der Waals surface area contributed by atoms with Crippen molar-refractivity contribution >= 4 is 0 Å². The van der Waals surface area contributed by atoms with Crippen LogP contribution in [0.4, 0.5) is 4.39 Å². The molecular formula is C13H19FN2O. The Kier molecular flexibility index (Phi) is 3.76. The summed E-state index contributed by atoms with van der Waals surface area (Å²) in [4.78, 5) is 2.22. The summed E-state index contributed by atoms with van der Waals surface area (Å²) in [5, 5.41) is 0. The predicted octanol–water partition coefficient (Wildman–Crippen LogP) is 1.46. The average molecular weight is 238 g/mol. The van der Waals surface area contributed by atoms with Gasteiger partial charge in [0.25, 0.3) is 0 Å². The maximum atomic E-state index is 13.1. The summed E-state index contributed by atoms with van der Waals surface area (Å²) in [6, 6.07) is 5.02. The van der Waals surface area contributed by atoms with Gasteiger partial charge in [0.15, 0.2) is 0 Å². The minimum atomic E-state index is -0.199. The molecule has 0 spiro atoms. The Balaban J connectivity index is 2.34. The van der Waals surface area contributed by atoms with Gasteiger partial charge in [-0.1, -0.05) is 6.07 Å². The fourth-order valence-corrected chi connectivity index (χ4v) is 2.47. The van der Waals surface area contributed by atoms with E-state index < -0.39 is 0 Å². The van der Waals surface area contributed by atoms with E-state index in [2.05, 4.69) is 11.9 Å². The van der Waals surface area contributed by atoms with E-state index in [9.17, 15) is 4.39 Å². The molecule has 1 aliphatic rings. The molecule has 0 radical (unpaired) electrons. The van der Waals surface area contributed by atoms with Crippen molar-refractivity contribution in [3.63, 3.8) is 0 Å². The second kappa shape index (κ2) is 5.12. The molecule has 0 amide bonds. The fraction of sp³-hybridized carbons (Fsp3) is 0.538. The Hall–Kier alpha value is -0.970. The van der Waals surface area contributed by atoms with Crippen LogP contribution in [0.25, 0.3) is 0 Å². The molecule has 2 N–H and O–H groups in total. The first kappa shape index (κ1) is 12.5. The second-order valence-electron chi connectivity index (χ2n) is 4.57. The molecule has 0 aromatic heterocycles. The van der Waals surface area contributed by atoms with Crippen LogP contribution in [0.5, 0.6) is 0 Å². The predicted molar refractivity (Wildman–Crippen MR) is 65.3 cm³/mol. The Bertz CT molecular complexity index is 397. The number of rotatable bonds is 2. The highest BCUT2D eigenvalue weighted by Gasteiger charge is 2.31. The van der Waals surface area contributed by atoms with Gasteiger partial charge in [0.1, 0.15) is 5.82 Å². The summed E-state index contributed by atoms with van der Waals surface area (Å²) in [6.45, 7) is 3.98. The van der Waals surface area contributed by atoms with Crippen LogP contribution >= 0.6 is 0 Å². The number of benzene rings is 1. The van der Waals surface area contributed by atoms with E-state index in [1.807, 2.05) is 13.0 Å². The lowest BCUT2D eigenvalue weighted by molar-refractivity contribution is -0.0578. The van der Waals surface area contributed by atoms with Gasteiger partial charge in [-0.25, -0.2) is 4.39 Å². The maximum absolute atomic E-state index is 13.1. The lowest BCUT2D eigenvalue weighted by atomic mass is 9.94. The summed E-state index contributed by atoms with van der Waals surface area (Å²) in [5.74, 6) is -0.199.